The lowest BCUT2D eigenvalue weighted by Crippen LogP contribution is -2.21. The Morgan fingerprint density at radius 1 is 1.00 bits per heavy atom. The van der Waals surface area contributed by atoms with E-state index in [9.17, 15) is 4.79 Å². The number of nitrogens with one attached hydrogen (secondary N) is 1. The molecule has 0 fully saturated rings. The quantitative estimate of drug-likeness (QED) is 0.434. The standard InChI is InChI=1S/C25H27N3O3S/c1-15-6-9-18(10-7-15)22-16(2)32-25-23(22)24(29)26-21(27-25)14-28(3)13-17-8-11-19(30-4)20(12-17)31-5/h6-12H,13-14H2,1-5H3,(H,26,27,29). The van der Waals surface area contributed by atoms with Crippen molar-refractivity contribution < 1.29 is 9.47 Å². The third-order valence-corrected chi connectivity index (χ3v) is 6.45. The summed E-state index contributed by atoms with van der Waals surface area (Å²) in [4.78, 5) is 24.8. The fraction of sp³-hybridized carbons (Fsp3) is 0.280. The van der Waals surface area contributed by atoms with Gasteiger partial charge in [0.05, 0.1) is 26.2 Å². The number of H-pyrrole nitrogens is 1. The Kier molecular flexibility index (Phi) is 6.30. The van der Waals surface area contributed by atoms with Crippen LogP contribution in [0.4, 0.5) is 0 Å². The van der Waals surface area contributed by atoms with Crippen LogP contribution in [-0.2, 0) is 13.1 Å². The van der Waals surface area contributed by atoms with E-state index in [0.29, 0.717) is 35.8 Å². The summed E-state index contributed by atoms with van der Waals surface area (Å²) in [7, 11) is 5.25. The smallest absolute Gasteiger partial charge is 0.260 e. The zero-order valence-electron chi connectivity index (χ0n) is 19.0. The molecule has 0 bridgehead atoms. The number of hydrogen-bond acceptors (Lipinski definition) is 6. The van der Waals surface area contributed by atoms with Crippen LogP contribution in [0.5, 0.6) is 11.5 Å². The van der Waals surface area contributed by atoms with Gasteiger partial charge in [-0.2, -0.15) is 0 Å². The van der Waals surface area contributed by atoms with Gasteiger partial charge < -0.3 is 14.5 Å². The van der Waals surface area contributed by atoms with Gasteiger partial charge in [-0.25, -0.2) is 4.98 Å². The number of aromatic nitrogens is 2. The van der Waals surface area contributed by atoms with E-state index in [1.54, 1.807) is 25.6 Å². The van der Waals surface area contributed by atoms with Gasteiger partial charge in [0.2, 0.25) is 0 Å². The molecule has 2 aromatic carbocycles. The van der Waals surface area contributed by atoms with Crippen LogP contribution in [0.25, 0.3) is 21.3 Å². The van der Waals surface area contributed by atoms with Gasteiger partial charge in [0.1, 0.15) is 10.7 Å². The summed E-state index contributed by atoms with van der Waals surface area (Å²) < 4.78 is 10.7. The lowest BCUT2D eigenvalue weighted by molar-refractivity contribution is 0.308. The molecule has 4 aromatic rings. The molecule has 4 rings (SSSR count). The number of rotatable bonds is 7. The summed E-state index contributed by atoms with van der Waals surface area (Å²) >= 11 is 1.57. The minimum absolute atomic E-state index is 0.0931. The molecule has 0 spiro atoms. The molecule has 0 saturated heterocycles. The van der Waals surface area contributed by atoms with Gasteiger partial charge in [0, 0.05) is 17.0 Å². The number of nitrogens with zero attached hydrogens (tertiary/aromatic N) is 2. The van der Waals surface area contributed by atoms with Crippen molar-refractivity contribution in [3.05, 3.63) is 74.6 Å². The second kappa shape index (κ2) is 9.14. The summed E-state index contributed by atoms with van der Waals surface area (Å²) in [6.45, 7) is 5.31. The number of ether oxygens (including phenoxy) is 2. The Morgan fingerprint density at radius 3 is 2.41 bits per heavy atom. The molecule has 0 unspecified atom stereocenters. The monoisotopic (exact) mass is 449 g/mol. The van der Waals surface area contributed by atoms with Crippen molar-refractivity contribution in [2.24, 2.45) is 0 Å². The highest BCUT2D eigenvalue weighted by Gasteiger charge is 2.17. The lowest BCUT2D eigenvalue weighted by Gasteiger charge is -2.17. The fourth-order valence-electron chi connectivity index (χ4n) is 3.91. The van der Waals surface area contributed by atoms with E-state index in [1.807, 2.05) is 32.2 Å². The van der Waals surface area contributed by atoms with Crippen LogP contribution in [-0.4, -0.2) is 36.1 Å². The Bertz CT molecular complexity index is 1310. The first-order valence-electron chi connectivity index (χ1n) is 10.4. The molecule has 0 saturated carbocycles. The van der Waals surface area contributed by atoms with E-state index in [4.69, 9.17) is 14.5 Å². The Balaban J connectivity index is 1.59. The summed E-state index contributed by atoms with van der Waals surface area (Å²) in [5.41, 5.74) is 4.21. The molecule has 32 heavy (non-hydrogen) atoms. The topological polar surface area (TPSA) is 67.5 Å². The van der Waals surface area contributed by atoms with E-state index in [0.717, 1.165) is 26.4 Å². The second-order valence-corrected chi connectivity index (χ2v) is 9.16. The van der Waals surface area contributed by atoms with Crippen LogP contribution < -0.4 is 15.0 Å². The maximum absolute atomic E-state index is 13.0. The van der Waals surface area contributed by atoms with Crippen molar-refractivity contribution in [1.82, 2.24) is 14.9 Å². The first kappa shape index (κ1) is 22.0. The third-order valence-electron chi connectivity index (χ3n) is 5.45. The fourth-order valence-corrected chi connectivity index (χ4v) is 4.97. The molecule has 2 aromatic heterocycles. The van der Waals surface area contributed by atoms with E-state index < -0.39 is 0 Å². The Labute approximate surface area is 191 Å². The number of aryl methyl sites for hydroxylation is 2. The number of fused-ring (bicyclic) bond motifs is 1. The first-order chi connectivity index (χ1) is 15.4. The predicted octanol–water partition coefficient (Wildman–Crippen LogP) is 4.92. The van der Waals surface area contributed by atoms with Crippen LogP contribution >= 0.6 is 11.3 Å². The second-order valence-electron chi connectivity index (χ2n) is 7.95. The van der Waals surface area contributed by atoms with Crippen LogP contribution in [0.2, 0.25) is 0 Å². The SMILES string of the molecule is COc1ccc(CN(C)Cc2nc3sc(C)c(-c4ccc(C)cc4)c3c(=O)[nH]2)cc1OC. The number of thiophene rings is 1. The van der Waals surface area contributed by atoms with Gasteiger partial charge >= 0.3 is 0 Å². The van der Waals surface area contributed by atoms with Crippen LogP contribution in [0.1, 0.15) is 21.8 Å². The molecule has 0 aliphatic heterocycles. The molecular formula is C25H27N3O3S. The van der Waals surface area contributed by atoms with E-state index in [2.05, 4.69) is 41.1 Å². The molecule has 0 atom stereocenters. The third kappa shape index (κ3) is 4.40. The first-order valence-corrected chi connectivity index (χ1v) is 11.2. The van der Waals surface area contributed by atoms with Crippen LogP contribution in [0, 0.1) is 13.8 Å². The molecule has 166 valence electrons. The maximum Gasteiger partial charge on any atom is 0.260 e. The van der Waals surface area contributed by atoms with Crippen molar-refractivity contribution >= 4 is 21.6 Å². The summed E-state index contributed by atoms with van der Waals surface area (Å²) in [6.07, 6.45) is 0. The van der Waals surface area contributed by atoms with E-state index in [1.165, 1.54) is 5.56 Å². The highest BCUT2D eigenvalue weighted by molar-refractivity contribution is 7.19. The summed E-state index contributed by atoms with van der Waals surface area (Å²) in [5.74, 6) is 2.05. The zero-order chi connectivity index (χ0) is 22.8. The lowest BCUT2D eigenvalue weighted by atomic mass is 10.0. The Morgan fingerprint density at radius 2 is 1.72 bits per heavy atom. The normalized spacial score (nSPS) is 11.3. The van der Waals surface area contributed by atoms with E-state index >= 15 is 0 Å². The summed E-state index contributed by atoms with van der Waals surface area (Å²) in [6, 6.07) is 14.1. The molecule has 7 heteroatoms. The molecule has 0 aliphatic carbocycles. The summed E-state index contributed by atoms with van der Waals surface area (Å²) in [5, 5.41) is 0.669. The molecular weight excluding hydrogens is 422 g/mol. The molecule has 6 nitrogen and oxygen atoms in total. The highest BCUT2D eigenvalue weighted by Crippen LogP contribution is 2.35. The van der Waals surface area contributed by atoms with Crippen LogP contribution in [0.15, 0.2) is 47.3 Å². The molecule has 0 amide bonds. The zero-order valence-corrected chi connectivity index (χ0v) is 19.8. The maximum atomic E-state index is 13.0. The number of hydrogen-bond donors (Lipinski definition) is 1. The number of benzene rings is 2. The van der Waals surface area contributed by atoms with Crippen LogP contribution in [0.3, 0.4) is 0 Å². The predicted molar refractivity (Wildman–Crippen MR) is 130 cm³/mol. The molecule has 2 heterocycles. The van der Waals surface area contributed by atoms with Gasteiger partial charge in [-0.3, -0.25) is 9.69 Å². The van der Waals surface area contributed by atoms with E-state index in [-0.39, 0.29) is 5.56 Å². The molecule has 1 N–H and O–H groups in total. The van der Waals surface area contributed by atoms with Crippen molar-refractivity contribution in [2.45, 2.75) is 26.9 Å². The number of methoxy groups -OCH3 is 2. The van der Waals surface area contributed by atoms with Crippen molar-refractivity contribution in [3.63, 3.8) is 0 Å². The van der Waals surface area contributed by atoms with Gasteiger partial charge in [-0.15, -0.1) is 11.3 Å². The number of aromatic amines is 1. The van der Waals surface area contributed by atoms with Gasteiger partial charge in [-0.1, -0.05) is 35.9 Å². The minimum atomic E-state index is -0.0931. The average molecular weight is 450 g/mol. The minimum Gasteiger partial charge on any atom is -0.493 e. The van der Waals surface area contributed by atoms with Crippen molar-refractivity contribution in [2.75, 3.05) is 21.3 Å². The van der Waals surface area contributed by atoms with Gasteiger partial charge in [0.25, 0.3) is 5.56 Å². The van der Waals surface area contributed by atoms with Crippen molar-refractivity contribution in [1.29, 1.82) is 0 Å². The molecule has 0 aliphatic rings. The van der Waals surface area contributed by atoms with Gasteiger partial charge in [-0.05, 0) is 44.2 Å². The van der Waals surface area contributed by atoms with Crippen molar-refractivity contribution in [3.8, 4) is 22.6 Å². The highest BCUT2D eigenvalue weighted by atomic mass is 32.1. The average Bonchev–Trinajstić information content (AvgIpc) is 3.10. The largest absolute Gasteiger partial charge is 0.493 e. The Hall–Kier alpha value is -3.16. The van der Waals surface area contributed by atoms with Gasteiger partial charge in [0.15, 0.2) is 11.5 Å². The molecule has 0 radical (unpaired) electrons.